The Morgan fingerprint density at radius 3 is 2.04 bits per heavy atom. The number of hydrogen-bond donors (Lipinski definition) is 0. The van der Waals surface area contributed by atoms with Crippen LogP contribution in [0.15, 0.2) is 54.6 Å². The van der Waals surface area contributed by atoms with Crippen LogP contribution >= 0.6 is 0 Å². The molecule has 0 spiro atoms. The SMILES string of the molecule is CCOc1ccc([C@@H](CCN2CC3CCC(CC3)C2)c2ccccc2)cc1. The molecule has 0 unspecified atom stereocenters. The lowest BCUT2D eigenvalue weighted by Gasteiger charge is -2.26. The van der Waals surface area contributed by atoms with E-state index in [2.05, 4.69) is 59.5 Å². The molecule has 144 valence electrons. The molecule has 2 aromatic carbocycles. The van der Waals surface area contributed by atoms with Gasteiger partial charge in [0.25, 0.3) is 0 Å². The van der Waals surface area contributed by atoms with Crippen molar-refractivity contribution >= 4 is 0 Å². The van der Waals surface area contributed by atoms with Crippen LogP contribution in [-0.4, -0.2) is 31.1 Å². The van der Waals surface area contributed by atoms with E-state index in [4.69, 9.17) is 4.74 Å². The Labute approximate surface area is 164 Å². The Balaban J connectivity index is 1.48. The van der Waals surface area contributed by atoms with E-state index in [9.17, 15) is 0 Å². The highest BCUT2D eigenvalue weighted by Crippen LogP contribution is 2.35. The second-order valence-corrected chi connectivity index (χ2v) is 8.40. The average molecular weight is 364 g/mol. The zero-order chi connectivity index (χ0) is 18.5. The lowest BCUT2D eigenvalue weighted by Crippen LogP contribution is -2.30. The van der Waals surface area contributed by atoms with E-state index in [-0.39, 0.29) is 0 Å². The molecule has 5 rings (SSSR count). The van der Waals surface area contributed by atoms with Gasteiger partial charge in [-0.05, 0) is 80.7 Å². The average Bonchev–Trinajstić information content (AvgIpc) is 3.03. The molecule has 2 aromatic rings. The largest absolute Gasteiger partial charge is 0.494 e. The fourth-order valence-electron chi connectivity index (χ4n) is 5.07. The van der Waals surface area contributed by atoms with Gasteiger partial charge < -0.3 is 9.64 Å². The summed E-state index contributed by atoms with van der Waals surface area (Å²) in [5.74, 6) is 3.33. The van der Waals surface area contributed by atoms with Crippen LogP contribution in [0.3, 0.4) is 0 Å². The lowest BCUT2D eigenvalue weighted by atomic mass is 9.84. The minimum Gasteiger partial charge on any atom is -0.494 e. The van der Waals surface area contributed by atoms with Gasteiger partial charge in [0.1, 0.15) is 5.75 Å². The Morgan fingerprint density at radius 1 is 0.852 bits per heavy atom. The highest BCUT2D eigenvalue weighted by Gasteiger charge is 2.29. The molecule has 2 heteroatoms. The first-order valence-electron chi connectivity index (χ1n) is 10.8. The van der Waals surface area contributed by atoms with Gasteiger partial charge in [-0.1, -0.05) is 42.5 Å². The van der Waals surface area contributed by atoms with Gasteiger partial charge in [0, 0.05) is 19.0 Å². The Bertz CT molecular complexity index is 674. The summed E-state index contributed by atoms with van der Waals surface area (Å²) in [6.45, 7) is 6.61. The predicted molar refractivity (Wildman–Crippen MR) is 112 cm³/mol. The fourth-order valence-corrected chi connectivity index (χ4v) is 5.07. The molecule has 27 heavy (non-hydrogen) atoms. The molecule has 2 aliphatic heterocycles. The lowest BCUT2D eigenvalue weighted by molar-refractivity contribution is 0.246. The minimum atomic E-state index is 0.461. The van der Waals surface area contributed by atoms with E-state index in [0.29, 0.717) is 5.92 Å². The summed E-state index contributed by atoms with van der Waals surface area (Å²) < 4.78 is 5.64. The summed E-state index contributed by atoms with van der Waals surface area (Å²) in [6.07, 6.45) is 7.03. The normalized spacial score (nSPS) is 23.7. The van der Waals surface area contributed by atoms with Crippen molar-refractivity contribution in [3.05, 3.63) is 65.7 Å². The first kappa shape index (κ1) is 18.6. The summed E-state index contributed by atoms with van der Waals surface area (Å²) >= 11 is 0. The van der Waals surface area contributed by atoms with Crippen LogP contribution in [0.25, 0.3) is 0 Å². The molecule has 3 aliphatic rings. The highest BCUT2D eigenvalue weighted by atomic mass is 16.5. The predicted octanol–water partition coefficient (Wildman–Crippen LogP) is 5.73. The second kappa shape index (κ2) is 8.93. The molecule has 0 radical (unpaired) electrons. The zero-order valence-corrected chi connectivity index (χ0v) is 16.6. The first-order valence-corrected chi connectivity index (χ1v) is 10.8. The van der Waals surface area contributed by atoms with Crippen LogP contribution in [0.5, 0.6) is 5.75 Å². The quantitative estimate of drug-likeness (QED) is 0.623. The zero-order valence-electron chi connectivity index (χ0n) is 16.6. The van der Waals surface area contributed by atoms with E-state index < -0.39 is 0 Å². The maximum Gasteiger partial charge on any atom is 0.119 e. The minimum absolute atomic E-state index is 0.461. The summed E-state index contributed by atoms with van der Waals surface area (Å²) in [4.78, 5) is 2.76. The molecule has 1 saturated carbocycles. The Kier molecular flexibility index (Phi) is 6.14. The molecule has 2 saturated heterocycles. The number of hydrogen-bond acceptors (Lipinski definition) is 2. The maximum absolute atomic E-state index is 5.64. The number of fused-ring (bicyclic) bond motifs is 4. The van der Waals surface area contributed by atoms with Gasteiger partial charge in [0.05, 0.1) is 6.61 Å². The molecule has 0 aromatic heterocycles. The summed E-state index contributed by atoms with van der Waals surface area (Å²) in [5, 5.41) is 0. The van der Waals surface area contributed by atoms with Crippen molar-refractivity contribution in [2.45, 2.75) is 44.9 Å². The Morgan fingerprint density at radius 2 is 1.44 bits per heavy atom. The first-order chi connectivity index (χ1) is 13.3. The third kappa shape index (κ3) is 4.73. The molecule has 2 nitrogen and oxygen atoms in total. The van der Waals surface area contributed by atoms with Gasteiger partial charge in [0.2, 0.25) is 0 Å². The van der Waals surface area contributed by atoms with E-state index in [1.807, 2.05) is 6.92 Å². The second-order valence-electron chi connectivity index (χ2n) is 8.40. The summed E-state index contributed by atoms with van der Waals surface area (Å²) in [7, 11) is 0. The topological polar surface area (TPSA) is 12.5 Å². The van der Waals surface area contributed by atoms with Crippen LogP contribution in [0.4, 0.5) is 0 Å². The Hall–Kier alpha value is -1.80. The van der Waals surface area contributed by atoms with Crippen molar-refractivity contribution in [3.8, 4) is 5.75 Å². The number of ether oxygens (including phenoxy) is 1. The van der Waals surface area contributed by atoms with Gasteiger partial charge in [-0.2, -0.15) is 0 Å². The van der Waals surface area contributed by atoms with Gasteiger partial charge in [-0.15, -0.1) is 0 Å². The summed E-state index contributed by atoms with van der Waals surface area (Å²) in [5.41, 5.74) is 2.84. The van der Waals surface area contributed by atoms with Crippen molar-refractivity contribution in [3.63, 3.8) is 0 Å². The molecule has 1 aliphatic carbocycles. The van der Waals surface area contributed by atoms with Crippen LogP contribution in [0.1, 0.15) is 56.1 Å². The van der Waals surface area contributed by atoms with E-state index in [1.165, 1.54) is 62.9 Å². The van der Waals surface area contributed by atoms with E-state index in [0.717, 1.165) is 24.2 Å². The van der Waals surface area contributed by atoms with Crippen molar-refractivity contribution in [2.75, 3.05) is 26.2 Å². The van der Waals surface area contributed by atoms with Crippen LogP contribution < -0.4 is 4.74 Å². The van der Waals surface area contributed by atoms with Crippen LogP contribution in [0, 0.1) is 11.8 Å². The van der Waals surface area contributed by atoms with Crippen LogP contribution in [-0.2, 0) is 0 Å². The smallest absolute Gasteiger partial charge is 0.119 e. The third-order valence-corrected chi connectivity index (χ3v) is 6.53. The molecular weight excluding hydrogens is 330 g/mol. The van der Waals surface area contributed by atoms with Crippen molar-refractivity contribution in [1.82, 2.24) is 4.90 Å². The molecule has 3 fully saturated rings. The molecule has 1 atom stereocenters. The molecule has 2 heterocycles. The van der Waals surface area contributed by atoms with Crippen molar-refractivity contribution in [1.29, 1.82) is 0 Å². The standard InChI is InChI=1S/C25H33NO/c1-2-27-24-14-12-23(13-15-24)25(22-6-4-3-5-7-22)16-17-26-18-20-8-9-21(19-26)11-10-20/h3-7,12-15,20-21,25H,2,8-11,16-19H2,1H3/t20?,21?,25-/m0/s1. The van der Waals surface area contributed by atoms with E-state index >= 15 is 0 Å². The molecule has 2 bridgehead atoms. The van der Waals surface area contributed by atoms with Gasteiger partial charge in [0.15, 0.2) is 0 Å². The monoisotopic (exact) mass is 363 g/mol. The molecular formula is C25H33NO. The highest BCUT2D eigenvalue weighted by molar-refractivity contribution is 5.36. The van der Waals surface area contributed by atoms with Crippen LogP contribution in [0.2, 0.25) is 0 Å². The third-order valence-electron chi connectivity index (χ3n) is 6.53. The number of nitrogens with zero attached hydrogens (tertiary/aromatic N) is 1. The molecule has 0 amide bonds. The fraction of sp³-hybridized carbons (Fsp3) is 0.520. The van der Waals surface area contributed by atoms with Gasteiger partial charge >= 0.3 is 0 Å². The van der Waals surface area contributed by atoms with Crippen molar-refractivity contribution < 1.29 is 4.74 Å². The number of rotatable bonds is 7. The van der Waals surface area contributed by atoms with Gasteiger partial charge in [-0.3, -0.25) is 0 Å². The van der Waals surface area contributed by atoms with E-state index in [1.54, 1.807) is 0 Å². The van der Waals surface area contributed by atoms with Crippen molar-refractivity contribution in [2.24, 2.45) is 11.8 Å². The summed E-state index contributed by atoms with van der Waals surface area (Å²) in [6, 6.07) is 19.8. The van der Waals surface area contributed by atoms with Gasteiger partial charge in [-0.25, -0.2) is 0 Å². The number of benzene rings is 2. The maximum atomic E-state index is 5.64. The molecule has 0 N–H and O–H groups in total.